The van der Waals surface area contributed by atoms with Gasteiger partial charge >= 0.3 is 0 Å². The minimum atomic E-state index is -0.136. The van der Waals surface area contributed by atoms with Crippen LogP contribution in [0.25, 0.3) is 0 Å². The number of piperazine rings is 1. The molecular weight excluding hydrogens is 436 g/mol. The van der Waals surface area contributed by atoms with E-state index >= 15 is 0 Å². The van der Waals surface area contributed by atoms with E-state index in [-0.39, 0.29) is 11.8 Å². The average Bonchev–Trinajstić information content (AvgIpc) is 3.40. The Morgan fingerprint density at radius 1 is 1.00 bits per heavy atom. The molecule has 0 radical (unpaired) electrons. The number of para-hydroxylation sites is 1. The van der Waals surface area contributed by atoms with Crippen molar-refractivity contribution in [2.24, 2.45) is 0 Å². The molecule has 0 aliphatic carbocycles. The fraction of sp³-hybridized carbons (Fsp3) is 0.320. The van der Waals surface area contributed by atoms with E-state index in [9.17, 15) is 9.59 Å². The summed E-state index contributed by atoms with van der Waals surface area (Å²) in [6, 6.07) is 17.2. The van der Waals surface area contributed by atoms with Crippen LogP contribution in [-0.2, 0) is 11.3 Å². The first kappa shape index (κ1) is 22.8. The van der Waals surface area contributed by atoms with Gasteiger partial charge in [0.2, 0.25) is 5.91 Å². The molecule has 1 saturated heterocycles. The fourth-order valence-corrected chi connectivity index (χ4v) is 4.40. The molecule has 4 rings (SSSR count). The Hall–Kier alpha value is -3.39. The Morgan fingerprint density at radius 2 is 1.82 bits per heavy atom. The van der Waals surface area contributed by atoms with Crippen molar-refractivity contribution in [2.45, 2.75) is 19.4 Å². The van der Waals surface area contributed by atoms with Gasteiger partial charge in [-0.05, 0) is 42.1 Å². The summed E-state index contributed by atoms with van der Waals surface area (Å²) in [6.45, 7) is 3.55. The molecule has 3 heterocycles. The molecule has 1 aliphatic heterocycles. The minimum Gasteiger partial charge on any atom is -0.494 e. The predicted molar refractivity (Wildman–Crippen MR) is 130 cm³/mol. The molecule has 0 spiro atoms. The number of carbonyl (C=O) groups is 2. The third kappa shape index (κ3) is 6.32. The molecular formula is C25H28N4O3S. The maximum atomic E-state index is 12.8. The lowest BCUT2D eigenvalue weighted by atomic mass is 10.2. The summed E-state index contributed by atoms with van der Waals surface area (Å²) in [4.78, 5) is 34.9. The zero-order chi connectivity index (χ0) is 22.9. The summed E-state index contributed by atoms with van der Waals surface area (Å²) in [5.41, 5.74) is 0.562. The fourth-order valence-electron chi connectivity index (χ4n) is 3.76. The van der Waals surface area contributed by atoms with E-state index < -0.39 is 0 Å². The van der Waals surface area contributed by atoms with Crippen LogP contribution in [0.4, 0.5) is 5.82 Å². The summed E-state index contributed by atoms with van der Waals surface area (Å²) < 4.78 is 5.67. The number of hydrogen-bond donors (Lipinski definition) is 1. The molecule has 3 aromatic rings. The highest BCUT2D eigenvalue weighted by Crippen LogP contribution is 2.20. The van der Waals surface area contributed by atoms with Crippen molar-refractivity contribution in [1.82, 2.24) is 15.2 Å². The normalized spacial score (nSPS) is 13.6. The summed E-state index contributed by atoms with van der Waals surface area (Å²) >= 11 is 1.61. The van der Waals surface area contributed by atoms with Crippen LogP contribution in [0.5, 0.6) is 5.75 Å². The van der Waals surface area contributed by atoms with Crippen LogP contribution in [0, 0.1) is 0 Å². The Bertz CT molecular complexity index is 1030. The summed E-state index contributed by atoms with van der Waals surface area (Å²) in [6.07, 6.45) is 2.85. The van der Waals surface area contributed by atoms with E-state index in [1.807, 2.05) is 52.7 Å². The molecule has 0 saturated carbocycles. The third-order valence-corrected chi connectivity index (χ3v) is 6.39. The first-order valence-corrected chi connectivity index (χ1v) is 12.0. The summed E-state index contributed by atoms with van der Waals surface area (Å²) in [5, 5.41) is 4.97. The van der Waals surface area contributed by atoms with Crippen molar-refractivity contribution in [1.29, 1.82) is 0 Å². The van der Waals surface area contributed by atoms with Crippen LogP contribution in [0.1, 0.15) is 28.1 Å². The van der Waals surface area contributed by atoms with E-state index in [2.05, 4.69) is 15.2 Å². The minimum absolute atomic E-state index is 0.136. The highest BCUT2D eigenvalue weighted by atomic mass is 32.1. The van der Waals surface area contributed by atoms with Crippen molar-refractivity contribution in [3.63, 3.8) is 0 Å². The molecule has 1 aliphatic rings. The predicted octanol–water partition coefficient (Wildman–Crippen LogP) is 3.58. The second-order valence-corrected chi connectivity index (χ2v) is 8.80. The quantitative estimate of drug-likeness (QED) is 0.490. The number of nitrogens with zero attached hydrogens (tertiary/aromatic N) is 3. The maximum absolute atomic E-state index is 12.8. The first-order valence-electron chi connectivity index (χ1n) is 11.2. The second-order valence-electron chi connectivity index (χ2n) is 7.77. The van der Waals surface area contributed by atoms with Gasteiger partial charge < -0.3 is 19.9 Å². The van der Waals surface area contributed by atoms with Crippen LogP contribution in [-0.4, -0.2) is 54.5 Å². The van der Waals surface area contributed by atoms with E-state index in [0.29, 0.717) is 63.6 Å². The van der Waals surface area contributed by atoms with Crippen molar-refractivity contribution < 1.29 is 14.3 Å². The van der Waals surface area contributed by atoms with E-state index in [0.717, 1.165) is 10.6 Å². The van der Waals surface area contributed by atoms with Gasteiger partial charge in [0.05, 0.1) is 18.7 Å². The zero-order valence-corrected chi connectivity index (χ0v) is 19.3. The smallest absolute Gasteiger partial charge is 0.255 e. The lowest BCUT2D eigenvalue weighted by Crippen LogP contribution is -2.49. The monoisotopic (exact) mass is 464 g/mol. The number of benzene rings is 1. The summed E-state index contributed by atoms with van der Waals surface area (Å²) in [5.74, 6) is 1.50. The Labute approximate surface area is 198 Å². The molecule has 33 heavy (non-hydrogen) atoms. The number of rotatable bonds is 9. The Kier molecular flexibility index (Phi) is 7.92. The largest absolute Gasteiger partial charge is 0.494 e. The number of amides is 2. The van der Waals surface area contributed by atoms with Gasteiger partial charge in [0, 0.05) is 43.7 Å². The molecule has 1 aromatic carbocycles. The van der Waals surface area contributed by atoms with Crippen LogP contribution < -0.4 is 15.0 Å². The van der Waals surface area contributed by atoms with E-state index in [4.69, 9.17) is 4.74 Å². The number of thiophene rings is 1. The molecule has 0 unspecified atom stereocenters. The van der Waals surface area contributed by atoms with Gasteiger partial charge in [-0.15, -0.1) is 11.3 Å². The molecule has 0 atom stereocenters. The molecule has 2 amide bonds. The standard InChI is InChI=1S/C25H28N4O3S/c30-23(11-5-17-32-20-7-2-1-3-8-20)28-13-15-29(16-14-28)24-22(10-4-12-26-24)25(31)27-19-21-9-6-18-33-21/h1-4,6-10,12,18H,5,11,13-17,19H2,(H,27,31). The highest BCUT2D eigenvalue weighted by Gasteiger charge is 2.24. The Balaban J connectivity index is 1.24. The van der Waals surface area contributed by atoms with Gasteiger partial charge in [0.15, 0.2) is 0 Å². The van der Waals surface area contributed by atoms with Crippen molar-refractivity contribution >= 4 is 29.0 Å². The molecule has 172 valence electrons. The number of pyridine rings is 1. The molecule has 1 N–H and O–H groups in total. The van der Waals surface area contributed by atoms with Gasteiger partial charge in [-0.3, -0.25) is 9.59 Å². The number of aromatic nitrogens is 1. The van der Waals surface area contributed by atoms with Crippen LogP contribution in [0.15, 0.2) is 66.2 Å². The highest BCUT2D eigenvalue weighted by molar-refractivity contribution is 7.09. The van der Waals surface area contributed by atoms with Crippen LogP contribution in [0.3, 0.4) is 0 Å². The number of hydrogen-bond acceptors (Lipinski definition) is 6. The maximum Gasteiger partial charge on any atom is 0.255 e. The number of ether oxygens (including phenoxy) is 1. The molecule has 1 fully saturated rings. The van der Waals surface area contributed by atoms with Crippen molar-refractivity contribution in [3.05, 3.63) is 76.6 Å². The SMILES string of the molecule is O=C(NCc1cccs1)c1cccnc1N1CCN(C(=O)CCCOc2ccccc2)CC1. The first-order chi connectivity index (χ1) is 16.2. The van der Waals surface area contributed by atoms with Crippen molar-refractivity contribution in [3.8, 4) is 5.75 Å². The molecule has 7 nitrogen and oxygen atoms in total. The number of carbonyl (C=O) groups excluding carboxylic acids is 2. The molecule has 0 bridgehead atoms. The van der Waals surface area contributed by atoms with E-state index in [1.54, 1.807) is 29.7 Å². The number of anilines is 1. The van der Waals surface area contributed by atoms with Gasteiger partial charge in [0.25, 0.3) is 5.91 Å². The molecule has 8 heteroatoms. The van der Waals surface area contributed by atoms with Crippen LogP contribution in [0.2, 0.25) is 0 Å². The van der Waals surface area contributed by atoms with Gasteiger partial charge in [-0.1, -0.05) is 24.3 Å². The average molecular weight is 465 g/mol. The van der Waals surface area contributed by atoms with Gasteiger partial charge in [0.1, 0.15) is 11.6 Å². The topological polar surface area (TPSA) is 74.8 Å². The van der Waals surface area contributed by atoms with Gasteiger partial charge in [-0.25, -0.2) is 4.98 Å². The summed E-state index contributed by atoms with van der Waals surface area (Å²) in [7, 11) is 0. The lowest BCUT2D eigenvalue weighted by molar-refractivity contribution is -0.131. The van der Waals surface area contributed by atoms with E-state index in [1.165, 1.54) is 0 Å². The third-order valence-electron chi connectivity index (χ3n) is 5.51. The Morgan fingerprint density at radius 3 is 2.58 bits per heavy atom. The van der Waals surface area contributed by atoms with Crippen LogP contribution >= 0.6 is 11.3 Å². The zero-order valence-electron chi connectivity index (χ0n) is 18.5. The number of nitrogens with one attached hydrogen (secondary N) is 1. The second kappa shape index (κ2) is 11.5. The lowest BCUT2D eigenvalue weighted by Gasteiger charge is -2.36. The van der Waals surface area contributed by atoms with Crippen molar-refractivity contribution in [2.75, 3.05) is 37.7 Å². The van der Waals surface area contributed by atoms with Gasteiger partial charge in [-0.2, -0.15) is 0 Å². The molecule has 2 aromatic heterocycles.